The summed E-state index contributed by atoms with van der Waals surface area (Å²) in [5, 5.41) is 3.06. The molecule has 1 amide bonds. The van der Waals surface area contributed by atoms with Crippen LogP contribution in [0.15, 0.2) is 0 Å². The number of piperidine rings is 1. The van der Waals surface area contributed by atoms with Crippen LogP contribution in [-0.2, 0) is 4.74 Å². The van der Waals surface area contributed by atoms with Gasteiger partial charge in [-0.05, 0) is 38.5 Å². The molecule has 116 valence electrons. The van der Waals surface area contributed by atoms with Crippen LogP contribution in [0.5, 0.6) is 0 Å². The molecule has 4 heteroatoms. The van der Waals surface area contributed by atoms with Crippen molar-refractivity contribution >= 4 is 6.09 Å². The minimum atomic E-state index is -0.249. The summed E-state index contributed by atoms with van der Waals surface area (Å²) in [7, 11) is 0. The van der Waals surface area contributed by atoms with Crippen molar-refractivity contribution in [3.05, 3.63) is 0 Å². The number of nitrogens with zero attached hydrogens (tertiary/aromatic N) is 1. The Hall–Kier alpha value is -0.770. The number of carbonyl (C=O) groups excluding carboxylic acids is 1. The van der Waals surface area contributed by atoms with Gasteiger partial charge in [-0.1, -0.05) is 26.2 Å². The highest BCUT2D eigenvalue weighted by atomic mass is 16.5. The highest BCUT2D eigenvalue weighted by Crippen LogP contribution is 2.29. The summed E-state index contributed by atoms with van der Waals surface area (Å²) in [5.41, 5.74) is 0. The number of alkyl carbamates (subject to hydrolysis) is 1. The molecule has 2 rings (SSSR count). The molecule has 1 N–H and O–H groups in total. The van der Waals surface area contributed by atoms with Crippen molar-refractivity contribution in [1.82, 2.24) is 10.2 Å². The largest absolute Gasteiger partial charge is 0.450 e. The molecular formula is C16H30N2O2. The first kappa shape index (κ1) is 15.6. The van der Waals surface area contributed by atoms with Gasteiger partial charge < -0.3 is 10.1 Å². The van der Waals surface area contributed by atoms with E-state index < -0.39 is 0 Å². The fourth-order valence-electron chi connectivity index (χ4n) is 3.87. The number of rotatable bonds is 5. The summed E-state index contributed by atoms with van der Waals surface area (Å²) in [6.45, 7) is 6.78. The first-order valence-corrected chi connectivity index (χ1v) is 8.40. The molecule has 4 nitrogen and oxygen atoms in total. The van der Waals surface area contributed by atoms with Gasteiger partial charge in [0.25, 0.3) is 0 Å². The average Bonchev–Trinajstić information content (AvgIpc) is 2.93. The molecule has 0 radical (unpaired) electrons. The van der Waals surface area contributed by atoms with Crippen LogP contribution < -0.4 is 5.32 Å². The first-order chi connectivity index (χ1) is 9.72. The molecular weight excluding hydrogens is 252 g/mol. The third-order valence-corrected chi connectivity index (χ3v) is 4.70. The van der Waals surface area contributed by atoms with Gasteiger partial charge in [0, 0.05) is 25.2 Å². The van der Waals surface area contributed by atoms with E-state index in [0.29, 0.717) is 6.61 Å². The Morgan fingerprint density at radius 1 is 1.25 bits per heavy atom. The lowest BCUT2D eigenvalue weighted by Gasteiger charge is -2.41. The molecule has 1 saturated carbocycles. The first-order valence-electron chi connectivity index (χ1n) is 8.40. The summed E-state index contributed by atoms with van der Waals surface area (Å²) in [6.07, 6.45) is 8.78. The predicted molar refractivity (Wildman–Crippen MR) is 80.8 cm³/mol. The third-order valence-electron chi connectivity index (χ3n) is 4.70. The zero-order valence-electron chi connectivity index (χ0n) is 13.1. The van der Waals surface area contributed by atoms with Gasteiger partial charge in [-0.25, -0.2) is 4.79 Å². The maximum absolute atomic E-state index is 11.7. The standard InChI is InChI=1S/C16H30N2O2/c1-3-7-13-10-14(17-16(19)20-4-2)12-18(11-13)15-8-5-6-9-15/h13-15H,3-12H2,1-2H3,(H,17,19). The molecule has 0 bridgehead atoms. The van der Waals surface area contributed by atoms with E-state index in [4.69, 9.17) is 4.74 Å². The molecule has 0 aromatic rings. The number of nitrogens with one attached hydrogen (secondary N) is 1. The molecule has 0 aromatic carbocycles. The van der Waals surface area contributed by atoms with Crippen molar-refractivity contribution in [2.75, 3.05) is 19.7 Å². The monoisotopic (exact) mass is 282 g/mol. The van der Waals surface area contributed by atoms with E-state index in [1.165, 1.54) is 45.1 Å². The van der Waals surface area contributed by atoms with E-state index in [2.05, 4.69) is 17.1 Å². The van der Waals surface area contributed by atoms with Crippen LogP contribution in [0.25, 0.3) is 0 Å². The molecule has 0 spiro atoms. The predicted octanol–water partition coefficient (Wildman–Crippen LogP) is 3.17. The SMILES string of the molecule is CCCC1CC(NC(=O)OCC)CN(C2CCCC2)C1. The molecule has 1 aliphatic heterocycles. The highest BCUT2D eigenvalue weighted by Gasteiger charge is 2.32. The zero-order valence-corrected chi connectivity index (χ0v) is 13.1. The van der Waals surface area contributed by atoms with Gasteiger partial charge in [0.05, 0.1) is 6.61 Å². The lowest BCUT2D eigenvalue weighted by atomic mass is 9.89. The van der Waals surface area contributed by atoms with E-state index in [-0.39, 0.29) is 12.1 Å². The number of hydrogen-bond acceptors (Lipinski definition) is 3. The lowest BCUT2D eigenvalue weighted by Crippen LogP contribution is -2.53. The Labute approximate surface area is 123 Å². The maximum Gasteiger partial charge on any atom is 0.407 e. The molecule has 2 atom stereocenters. The molecule has 20 heavy (non-hydrogen) atoms. The van der Waals surface area contributed by atoms with Crippen molar-refractivity contribution in [3.63, 3.8) is 0 Å². The van der Waals surface area contributed by atoms with E-state index in [0.717, 1.165) is 24.9 Å². The second-order valence-electron chi connectivity index (χ2n) is 6.34. The summed E-state index contributed by atoms with van der Waals surface area (Å²) in [6, 6.07) is 1.01. The van der Waals surface area contributed by atoms with Crippen LogP contribution in [0.2, 0.25) is 0 Å². The fraction of sp³-hybridized carbons (Fsp3) is 0.938. The molecule has 1 saturated heterocycles. The van der Waals surface area contributed by atoms with Crippen LogP contribution in [0.3, 0.4) is 0 Å². The van der Waals surface area contributed by atoms with E-state index >= 15 is 0 Å². The maximum atomic E-state index is 11.7. The van der Waals surface area contributed by atoms with Gasteiger partial charge in [-0.15, -0.1) is 0 Å². The quantitative estimate of drug-likeness (QED) is 0.842. The number of carbonyl (C=O) groups is 1. The van der Waals surface area contributed by atoms with Gasteiger partial charge in [0.1, 0.15) is 0 Å². The van der Waals surface area contributed by atoms with E-state index in [1.54, 1.807) is 0 Å². The smallest absolute Gasteiger partial charge is 0.407 e. The van der Waals surface area contributed by atoms with Crippen LogP contribution >= 0.6 is 0 Å². The number of ether oxygens (including phenoxy) is 1. The normalized spacial score (nSPS) is 28.5. The van der Waals surface area contributed by atoms with E-state index in [9.17, 15) is 4.79 Å². The summed E-state index contributed by atoms with van der Waals surface area (Å²) in [4.78, 5) is 14.3. The Bertz CT molecular complexity index is 303. The average molecular weight is 282 g/mol. The lowest BCUT2D eigenvalue weighted by molar-refractivity contribution is 0.0873. The molecule has 0 aromatic heterocycles. The van der Waals surface area contributed by atoms with Crippen LogP contribution in [0.1, 0.15) is 58.8 Å². The van der Waals surface area contributed by atoms with Gasteiger partial charge in [-0.3, -0.25) is 4.90 Å². The van der Waals surface area contributed by atoms with Crippen molar-refractivity contribution in [1.29, 1.82) is 0 Å². The van der Waals surface area contributed by atoms with Gasteiger partial charge in [0.15, 0.2) is 0 Å². The summed E-state index contributed by atoms with van der Waals surface area (Å²) >= 11 is 0. The molecule has 1 aliphatic carbocycles. The molecule has 2 fully saturated rings. The Kier molecular flexibility index (Phi) is 6.14. The topological polar surface area (TPSA) is 41.6 Å². The van der Waals surface area contributed by atoms with Crippen molar-refractivity contribution in [2.24, 2.45) is 5.92 Å². The van der Waals surface area contributed by atoms with Crippen molar-refractivity contribution < 1.29 is 9.53 Å². The van der Waals surface area contributed by atoms with Gasteiger partial charge >= 0.3 is 6.09 Å². The Morgan fingerprint density at radius 2 is 2.00 bits per heavy atom. The van der Waals surface area contributed by atoms with E-state index in [1.807, 2.05) is 6.92 Å². The van der Waals surface area contributed by atoms with Crippen LogP contribution in [0.4, 0.5) is 4.79 Å². The minimum Gasteiger partial charge on any atom is -0.450 e. The van der Waals surface area contributed by atoms with Crippen molar-refractivity contribution in [3.8, 4) is 0 Å². The van der Waals surface area contributed by atoms with Crippen molar-refractivity contribution in [2.45, 2.75) is 70.9 Å². The number of amides is 1. The highest BCUT2D eigenvalue weighted by molar-refractivity contribution is 5.67. The molecule has 1 heterocycles. The fourth-order valence-corrected chi connectivity index (χ4v) is 3.87. The molecule has 2 unspecified atom stereocenters. The van der Waals surface area contributed by atoms with Crippen LogP contribution in [-0.4, -0.2) is 42.8 Å². The number of likely N-dealkylation sites (tertiary alicyclic amines) is 1. The summed E-state index contributed by atoms with van der Waals surface area (Å²) < 4.78 is 5.03. The van der Waals surface area contributed by atoms with Gasteiger partial charge in [-0.2, -0.15) is 0 Å². The summed E-state index contributed by atoms with van der Waals surface area (Å²) in [5.74, 6) is 0.723. The zero-order chi connectivity index (χ0) is 14.4. The van der Waals surface area contributed by atoms with Gasteiger partial charge in [0.2, 0.25) is 0 Å². The number of hydrogen-bond donors (Lipinski definition) is 1. The Balaban J connectivity index is 1.91. The van der Waals surface area contributed by atoms with Crippen LogP contribution in [0, 0.1) is 5.92 Å². The second kappa shape index (κ2) is 7.87. The second-order valence-corrected chi connectivity index (χ2v) is 6.34. The Morgan fingerprint density at radius 3 is 2.65 bits per heavy atom. The molecule has 2 aliphatic rings. The minimum absolute atomic E-state index is 0.249. The third kappa shape index (κ3) is 4.37.